The molecule has 20 heavy (non-hydrogen) atoms. The summed E-state index contributed by atoms with van der Waals surface area (Å²) in [7, 11) is 0. The quantitative estimate of drug-likeness (QED) is 0.355. The van der Waals surface area contributed by atoms with Crippen molar-refractivity contribution in [1.29, 1.82) is 0 Å². The molecule has 0 spiro atoms. The molecule has 0 radical (unpaired) electrons. The van der Waals surface area contributed by atoms with Gasteiger partial charge in [0.05, 0.1) is 5.54 Å². The largest absolute Gasteiger partial charge is 0.481 e. The highest BCUT2D eigenvalue weighted by molar-refractivity contribution is 5.92. The molecule has 0 aliphatic rings. The first-order valence-electron chi connectivity index (χ1n) is 5.85. The number of carboxylic acids is 2. The SMILES string of the molecule is CC(C)(N)C(=O)N[C@@H](CCC(=O)O)C(=O)NCC(=O)O. The molecule has 0 aromatic rings. The van der Waals surface area contributed by atoms with Crippen LogP contribution in [0.15, 0.2) is 0 Å². The van der Waals surface area contributed by atoms with Gasteiger partial charge in [-0.1, -0.05) is 0 Å². The summed E-state index contributed by atoms with van der Waals surface area (Å²) in [5, 5.41) is 21.4. The van der Waals surface area contributed by atoms with Crippen LogP contribution < -0.4 is 16.4 Å². The Hall–Kier alpha value is -2.16. The van der Waals surface area contributed by atoms with E-state index in [0.29, 0.717) is 0 Å². The lowest BCUT2D eigenvalue weighted by atomic mass is 10.0. The molecule has 0 bridgehead atoms. The van der Waals surface area contributed by atoms with Gasteiger partial charge in [0.2, 0.25) is 11.8 Å². The summed E-state index contributed by atoms with van der Waals surface area (Å²) in [4.78, 5) is 44.3. The molecule has 0 rings (SSSR count). The molecule has 9 nitrogen and oxygen atoms in total. The summed E-state index contributed by atoms with van der Waals surface area (Å²) < 4.78 is 0. The third-order valence-corrected chi connectivity index (χ3v) is 2.27. The fraction of sp³-hybridized carbons (Fsp3) is 0.636. The van der Waals surface area contributed by atoms with Gasteiger partial charge in [0.1, 0.15) is 12.6 Å². The third kappa shape index (κ3) is 7.31. The van der Waals surface area contributed by atoms with Crippen molar-refractivity contribution >= 4 is 23.8 Å². The van der Waals surface area contributed by atoms with Crippen LogP contribution in [0.3, 0.4) is 0 Å². The third-order valence-electron chi connectivity index (χ3n) is 2.27. The molecule has 6 N–H and O–H groups in total. The molecule has 1 atom stereocenters. The number of amides is 2. The zero-order valence-electron chi connectivity index (χ0n) is 11.3. The highest BCUT2D eigenvalue weighted by atomic mass is 16.4. The van der Waals surface area contributed by atoms with Gasteiger partial charge in [-0.15, -0.1) is 0 Å². The summed E-state index contributed by atoms with van der Waals surface area (Å²) in [6.07, 6.45) is -0.515. The summed E-state index contributed by atoms with van der Waals surface area (Å²) in [5.74, 6) is -3.80. The molecule has 0 heterocycles. The zero-order chi connectivity index (χ0) is 15.9. The molecule has 114 valence electrons. The van der Waals surface area contributed by atoms with E-state index in [1.165, 1.54) is 13.8 Å². The lowest BCUT2D eigenvalue weighted by Crippen LogP contribution is -2.56. The average molecular weight is 289 g/mol. The van der Waals surface area contributed by atoms with E-state index >= 15 is 0 Å². The van der Waals surface area contributed by atoms with Crippen LogP contribution in [-0.4, -0.2) is 52.1 Å². The van der Waals surface area contributed by atoms with Crippen LogP contribution in [0.2, 0.25) is 0 Å². The molecule has 2 amide bonds. The standard InChI is InChI=1S/C11H19N3O6/c1-11(2,12)10(20)14-6(3-4-7(15)16)9(19)13-5-8(17)18/h6H,3-5,12H2,1-2H3,(H,13,19)(H,14,20)(H,15,16)(H,17,18)/t6-/m0/s1. The van der Waals surface area contributed by atoms with Crippen molar-refractivity contribution in [3.05, 3.63) is 0 Å². The number of hydrogen-bond acceptors (Lipinski definition) is 5. The molecule has 0 aliphatic heterocycles. The fourth-order valence-electron chi connectivity index (χ4n) is 1.17. The van der Waals surface area contributed by atoms with Crippen LogP contribution in [0.1, 0.15) is 26.7 Å². The normalized spacial score (nSPS) is 12.3. The maximum atomic E-state index is 11.7. The second-order valence-corrected chi connectivity index (χ2v) is 4.79. The van der Waals surface area contributed by atoms with Crippen LogP contribution in [-0.2, 0) is 19.2 Å². The van der Waals surface area contributed by atoms with Crippen LogP contribution in [0.5, 0.6) is 0 Å². The maximum absolute atomic E-state index is 11.7. The molecule has 0 fully saturated rings. The predicted octanol–water partition coefficient (Wildman–Crippen LogP) is -1.73. The Morgan fingerprint density at radius 1 is 1.15 bits per heavy atom. The first kappa shape index (κ1) is 17.8. The molecule has 9 heteroatoms. The molecular formula is C11H19N3O6. The number of carbonyl (C=O) groups excluding carboxylic acids is 2. The summed E-state index contributed by atoms with van der Waals surface area (Å²) in [6.45, 7) is 2.22. The average Bonchev–Trinajstić information content (AvgIpc) is 2.29. The van der Waals surface area contributed by atoms with Crippen molar-refractivity contribution in [2.24, 2.45) is 5.73 Å². The van der Waals surface area contributed by atoms with Crippen LogP contribution in [0, 0.1) is 0 Å². The van der Waals surface area contributed by atoms with E-state index < -0.39 is 41.9 Å². The highest BCUT2D eigenvalue weighted by Gasteiger charge is 2.28. The first-order chi connectivity index (χ1) is 9.04. The Morgan fingerprint density at radius 3 is 2.10 bits per heavy atom. The number of carboxylic acid groups (broad SMARTS) is 2. The lowest BCUT2D eigenvalue weighted by Gasteiger charge is -2.23. The van der Waals surface area contributed by atoms with E-state index in [0.717, 1.165) is 0 Å². The number of carbonyl (C=O) groups is 4. The van der Waals surface area contributed by atoms with Crippen LogP contribution in [0.4, 0.5) is 0 Å². The zero-order valence-corrected chi connectivity index (χ0v) is 11.3. The molecule has 0 saturated carbocycles. The fourth-order valence-corrected chi connectivity index (χ4v) is 1.17. The Labute approximate surface area is 115 Å². The van der Waals surface area contributed by atoms with Gasteiger partial charge in [0.25, 0.3) is 0 Å². The van der Waals surface area contributed by atoms with Gasteiger partial charge in [-0.25, -0.2) is 0 Å². The van der Waals surface area contributed by atoms with Gasteiger partial charge >= 0.3 is 11.9 Å². The number of nitrogens with one attached hydrogen (secondary N) is 2. The monoisotopic (exact) mass is 289 g/mol. The molecular weight excluding hydrogens is 270 g/mol. The molecule has 0 saturated heterocycles. The van der Waals surface area contributed by atoms with E-state index in [4.69, 9.17) is 15.9 Å². The van der Waals surface area contributed by atoms with Gasteiger partial charge < -0.3 is 26.6 Å². The van der Waals surface area contributed by atoms with Gasteiger partial charge in [-0.3, -0.25) is 19.2 Å². The van der Waals surface area contributed by atoms with E-state index in [2.05, 4.69) is 10.6 Å². The van der Waals surface area contributed by atoms with Crippen LogP contribution in [0.25, 0.3) is 0 Å². The predicted molar refractivity (Wildman–Crippen MR) is 67.7 cm³/mol. The minimum absolute atomic E-state index is 0.164. The minimum atomic E-state index is -1.25. The highest BCUT2D eigenvalue weighted by Crippen LogP contribution is 2.02. The summed E-state index contributed by atoms with van der Waals surface area (Å²) in [5.41, 5.74) is 4.31. The minimum Gasteiger partial charge on any atom is -0.481 e. The Balaban J connectivity index is 4.71. The van der Waals surface area contributed by atoms with Crippen molar-refractivity contribution in [3.63, 3.8) is 0 Å². The number of aliphatic carboxylic acids is 2. The molecule has 0 unspecified atom stereocenters. The Bertz CT molecular complexity index is 401. The van der Waals surface area contributed by atoms with E-state index in [9.17, 15) is 19.2 Å². The van der Waals surface area contributed by atoms with Crippen molar-refractivity contribution < 1.29 is 29.4 Å². The van der Waals surface area contributed by atoms with Gasteiger partial charge in [0.15, 0.2) is 0 Å². The lowest BCUT2D eigenvalue weighted by molar-refractivity contribution is -0.140. The van der Waals surface area contributed by atoms with Gasteiger partial charge in [-0.05, 0) is 20.3 Å². The number of rotatable bonds is 8. The Morgan fingerprint density at radius 2 is 1.70 bits per heavy atom. The van der Waals surface area contributed by atoms with Crippen molar-refractivity contribution in [1.82, 2.24) is 10.6 Å². The first-order valence-corrected chi connectivity index (χ1v) is 5.85. The van der Waals surface area contributed by atoms with Gasteiger partial charge in [-0.2, -0.15) is 0 Å². The van der Waals surface area contributed by atoms with Crippen LogP contribution >= 0.6 is 0 Å². The van der Waals surface area contributed by atoms with E-state index in [-0.39, 0.29) is 12.8 Å². The summed E-state index contributed by atoms with van der Waals surface area (Å²) >= 11 is 0. The smallest absolute Gasteiger partial charge is 0.322 e. The summed E-state index contributed by atoms with van der Waals surface area (Å²) in [6, 6.07) is -1.15. The topological polar surface area (TPSA) is 159 Å². The van der Waals surface area contributed by atoms with Crippen molar-refractivity contribution in [2.45, 2.75) is 38.3 Å². The van der Waals surface area contributed by atoms with E-state index in [1.54, 1.807) is 0 Å². The van der Waals surface area contributed by atoms with Crippen molar-refractivity contribution in [3.8, 4) is 0 Å². The van der Waals surface area contributed by atoms with Gasteiger partial charge in [0, 0.05) is 6.42 Å². The number of hydrogen-bond donors (Lipinski definition) is 5. The molecule has 0 aromatic carbocycles. The molecule has 0 aliphatic carbocycles. The number of nitrogens with two attached hydrogens (primary N) is 1. The second kappa shape index (κ2) is 7.43. The molecule has 0 aromatic heterocycles. The Kier molecular flexibility index (Phi) is 6.63. The van der Waals surface area contributed by atoms with Crippen molar-refractivity contribution in [2.75, 3.05) is 6.54 Å². The maximum Gasteiger partial charge on any atom is 0.322 e. The second-order valence-electron chi connectivity index (χ2n) is 4.79. The van der Waals surface area contributed by atoms with E-state index in [1.807, 2.05) is 0 Å².